The van der Waals surface area contributed by atoms with Gasteiger partial charge < -0.3 is 15.3 Å². The van der Waals surface area contributed by atoms with E-state index in [-0.39, 0.29) is 29.4 Å². The third-order valence-corrected chi connectivity index (χ3v) is 8.19. The number of anilines is 2. The van der Waals surface area contributed by atoms with Crippen LogP contribution in [0.4, 0.5) is 16.2 Å². The predicted octanol–water partition coefficient (Wildman–Crippen LogP) is 3.79. The second-order valence-corrected chi connectivity index (χ2v) is 10.8. The van der Waals surface area contributed by atoms with Crippen LogP contribution < -0.4 is 15.1 Å². The van der Waals surface area contributed by atoms with E-state index in [9.17, 15) is 18.3 Å². The quantitative estimate of drug-likeness (QED) is 0.540. The summed E-state index contributed by atoms with van der Waals surface area (Å²) in [4.78, 5) is 17.3. The zero-order valence-corrected chi connectivity index (χ0v) is 20.5. The Balaban J connectivity index is 1.67. The number of hydrogen-bond acceptors (Lipinski definition) is 6. The summed E-state index contributed by atoms with van der Waals surface area (Å²) in [7, 11) is -4.23. The molecule has 1 fully saturated rings. The smallest absolute Gasteiger partial charge is 0.339 e. The molecule has 0 spiro atoms. The third-order valence-electron chi connectivity index (χ3n) is 6.18. The first-order valence-corrected chi connectivity index (χ1v) is 13.1. The van der Waals surface area contributed by atoms with Crippen molar-refractivity contribution in [3.8, 4) is 5.75 Å². The van der Waals surface area contributed by atoms with E-state index in [1.807, 2.05) is 35.2 Å². The van der Waals surface area contributed by atoms with E-state index in [0.29, 0.717) is 42.5 Å². The average Bonchev–Trinajstić information content (AvgIpc) is 2.85. The summed E-state index contributed by atoms with van der Waals surface area (Å²) in [5.41, 5.74) is 2.11. The molecule has 5 rings (SSSR count). The lowest BCUT2D eigenvalue weighted by Crippen LogP contribution is -2.51. The molecule has 0 radical (unpaired) electrons. The van der Waals surface area contributed by atoms with Gasteiger partial charge in [0.05, 0.1) is 24.5 Å². The number of carbonyl (C=O) groups is 1. The summed E-state index contributed by atoms with van der Waals surface area (Å²) >= 11 is 6.48. The zero-order chi connectivity index (χ0) is 24.6. The maximum Gasteiger partial charge on any atom is 0.339 e. The van der Waals surface area contributed by atoms with Gasteiger partial charge in [-0.15, -0.1) is 0 Å². The van der Waals surface area contributed by atoms with Crippen molar-refractivity contribution in [3.63, 3.8) is 0 Å². The van der Waals surface area contributed by atoms with Gasteiger partial charge in [0.15, 0.2) is 0 Å². The Morgan fingerprint density at radius 2 is 1.57 bits per heavy atom. The van der Waals surface area contributed by atoms with E-state index in [1.165, 1.54) is 17.0 Å². The van der Waals surface area contributed by atoms with Crippen LogP contribution in [0.2, 0.25) is 5.02 Å². The van der Waals surface area contributed by atoms with Gasteiger partial charge in [-0.1, -0.05) is 54.1 Å². The summed E-state index contributed by atoms with van der Waals surface area (Å²) in [6.07, 6.45) is 0. The lowest BCUT2D eigenvalue weighted by molar-refractivity contribution is 0.226. The molecule has 0 unspecified atom stereocenters. The molecule has 1 saturated heterocycles. The highest BCUT2D eigenvalue weighted by molar-refractivity contribution is 7.90. The summed E-state index contributed by atoms with van der Waals surface area (Å²) in [6.45, 7) is 2.62. The molecule has 10 heteroatoms. The fourth-order valence-corrected chi connectivity index (χ4v) is 6.45. The number of benzene rings is 3. The minimum absolute atomic E-state index is 0.000754. The maximum absolute atomic E-state index is 14.0. The Hall–Kier alpha value is -3.27. The molecule has 2 amide bonds. The molecule has 0 aliphatic carbocycles. The SMILES string of the molecule is O=C1N(Cc2ccccc2)c2cc(Cl)cc(N3CCNCC3)c2S(=O)(=O)N1Cc1cccc(O)c1. The van der Waals surface area contributed by atoms with Crippen LogP contribution in [0.3, 0.4) is 0 Å². The van der Waals surface area contributed by atoms with Gasteiger partial charge in [-0.05, 0) is 35.4 Å². The summed E-state index contributed by atoms with van der Waals surface area (Å²) in [5.74, 6) is -0.000754. The molecule has 3 aromatic carbocycles. The number of phenols is 1. The first kappa shape index (κ1) is 23.5. The van der Waals surface area contributed by atoms with Crippen molar-refractivity contribution in [3.05, 3.63) is 82.9 Å². The van der Waals surface area contributed by atoms with E-state index in [4.69, 9.17) is 11.6 Å². The molecule has 8 nitrogen and oxygen atoms in total. The number of nitrogens with one attached hydrogen (secondary N) is 1. The first-order valence-electron chi connectivity index (χ1n) is 11.3. The normalized spacial score (nSPS) is 17.4. The number of rotatable bonds is 5. The second kappa shape index (κ2) is 9.41. The van der Waals surface area contributed by atoms with Gasteiger partial charge in [-0.25, -0.2) is 17.5 Å². The number of sulfonamides is 1. The number of piperazine rings is 1. The van der Waals surface area contributed by atoms with E-state index in [1.54, 1.807) is 24.3 Å². The van der Waals surface area contributed by atoms with E-state index >= 15 is 0 Å². The molecule has 35 heavy (non-hydrogen) atoms. The lowest BCUT2D eigenvalue weighted by atomic mass is 10.1. The molecule has 0 bridgehead atoms. The summed E-state index contributed by atoms with van der Waals surface area (Å²) in [5, 5.41) is 13.5. The highest BCUT2D eigenvalue weighted by Crippen LogP contribution is 2.44. The molecule has 0 aromatic heterocycles. The average molecular weight is 513 g/mol. The molecule has 2 aliphatic heterocycles. The third kappa shape index (κ3) is 4.54. The van der Waals surface area contributed by atoms with E-state index in [2.05, 4.69) is 5.32 Å². The molecular weight excluding hydrogens is 488 g/mol. The lowest BCUT2D eigenvalue weighted by Gasteiger charge is -2.39. The number of halogens is 1. The number of urea groups is 1. The van der Waals surface area contributed by atoms with Crippen LogP contribution in [-0.4, -0.2) is 50.0 Å². The Bertz CT molecular complexity index is 1360. The number of carbonyl (C=O) groups excluding carboxylic acids is 1. The molecule has 2 N–H and O–H groups in total. The van der Waals surface area contributed by atoms with Crippen molar-refractivity contribution >= 4 is 39.0 Å². The number of phenolic OH excluding ortho intramolecular Hbond substituents is 1. The van der Waals surface area contributed by atoms with Gasteiger partial charge in [0, 0.05) is 31.2 Å². The number of aromatic hydroxyl groups is 1. The summed E-state index contributed by atoms with van der Waals surface area (Å²) in [6, 6.07) is 18.2. The maximum atomic E-state index is 14.0. The molecule has 0 atom stereocenters. The molecular formula is C25H25ClN4O4S. The molecule has 3 aromatic rings. The number of fused-ring (bicyclic) bond motifs is 1. The van der Waals surface area contributed by atoms with Gasteiger partial charge in [-0.3, -0.25) is 4.90 Å². The van der Waals surface area contributed by atoms with E-state index < -0.39 is 16.1 Å². The van der Waals surface area contributed by atoms with Crippen molar-refractivity contribution < 1.29 is 18.3 Å². The first-order chi connectivity index (χ1) is 16.8. The van der Waals surface area contributed by atoms with E-state index in [0.717, 1.165) is 9.87 Å². The molecule has 0 saturated carbocycles. The van der Waals surface area contributed by atoms with Crippen molar-refractivity contribution in [1.82, 2.24) is 9.62 Å². The van der Waals surface area contributed by atoms with Crippen LogP contribution in [-0.2, 0) is 23.1 Å². The fraction of sp³-hybridized carbons (Fsp3) is 0.240. The second-order valence-electron chi connectivity index (χ2n) is 8.55. The molecule has 2 heterocycles. The van der Waals surface area contributed by atoms with Gasteiger partial charge in [0.25, 0.3) is 10.0 Å². The van der Waals surface area contributed by atoms with Crippen LogP contribution in [0.5, 0.6) is 5.75 Å². The number of amides is 2. The van der Waals surface area contributed by atoms with Crippen LogP contribution >= 0.6 is 11.6 Å². The van der Waals surface area contributed by atoms with Crippen molar-refractivity contribution in [2.75, 3.05) is 36.0 Å². The monoisotopic (exact) mass is 512 g/mol. The van der Waals surface area contributed by atoms with Crippen LogP contribution in [0, 0.1) is 0 Å². The van der Waals surface area contributed by atoms with Crippen LogP contribution in [0.15, 0.2) is 71.6 Å². The van der Waals surface area contributed by atoms with Crippen molar-refractivity contribution in [2.45, 2.75) is 18.0 Å². The van der Waals surface area contributed by atoms with Crippen LogP contribution in [0.25, 0.3) is 0 Å². The molecule has 182 valence electrons. The molecule has 2 aliphatic rings. The topological polar surface area (TPSA) is 93.2 Å². The highest BCUT2D eigenvalue weighted by Gasteiger charge is 2.44. The van der Waals surface area contributed by atoms with Gasteiger partial charge in [0.1, 0.15) is 10.6 Å². The minimum Gasteiger partial charge on any atom is -0.508 e. The highest BCUT2D eigenvalue weighted by atomic mass is 35.5. The predicted molar refractivity (Wildman–Crippen MR) is 135 cm³/mol. The van der Waals surface area contributed by atoms with Gasteiger partial charge in [0.2, 0.25) is 0 Å². The largest absolute Gasteiger partial charge is 0.508 e. The van der Waals surface area contributed by atoms with Crippen molar-refractivity contribution in [1.29, 1.82) is 0 Å². The Labute approximate surface area is 209 Å². The number of hydrogen-bond donors (Lipinski definition) is 2. The standard InChI is InChI=1S/C25H25ClN4O4S/c26-20-14-22(28-11-9-27-10-12-28)24-23(15-20)29(16-18-5-2-1-3-6-18)25(32)30(35(24,33)34)17-19-7-4-8-21(31)13-19/h1-8,13-15,27,31H,9-12,16-17H2. The van der Waals surface area contributed by atoms with Gasteiger partial charge in [-0.2, -0.15) is 0 Å². The Morgan fingerprint density at radius 3 is 2.29 bits per heavy atom. The van der Waals surface area contributed by atoms with Crippen molar-refractivity contribution in [2.24, 2.45) is 0 Å². The number of nitrogens with zero attached hydrogens (tertiary/aromatic N) is 3. The zero-order valence-electron chi connectivity index (χ0n) is 18.9. The van der Waals surface area contributed by atoms with Crippen LogP contribution in [0.1, 0.15) is 11.1 Å². The Morgan fingerprint density at radius 1 is 0.886 bits per heavy atom. The Kier molecular flexibility index (Phi) is 6.31. The minimum atomic E-state index is -4.23. The fourth-order valence-electron chi connectivity index (χ4n) is 4.51. The van der Waals surface area contributed by atoms with Gasteiger partial charge >= 0.3 is 6.03 Å². The summed E-state index contributed by atoms with van der Waals surface area (Å²) < 4.78 is 28.9.